The second-order valence-electron chi connectivity index (χ2n) is 6.66. The summed E-state index contributed by atoms with van der Waals surface area (Å²) in [4.78, 5) is 13.8. The van der Waals surface area contributed by atoms with Crippen LogP contribution >= 0.6 is 0 Å². The molecule has 0 amide bonds. The zero-order valence-electron chi connectivity index (χ0n) is 14.5. The lowest BCUT2D eigenvalue weighted by Gasteiger charge is -2.41. The van der Waals surface area contributed by atoms with E-state index in [2.05, 4.69) is 37.7 Å². The predicted molar refractivity (Wildman–Crippen MR) is 83.7 cm³/mol. The van der Waals surface area contributed by atoms with Crippen molar-refractivity contribution in [1.82, 2.24) is 9.91 Å². The largest absolute Gasteiger partial charge is 0.463 e. The summed E-state index contributed by atoms with van der Waals surface area (Å²) in [5.41, 5.74) is 0.645. The average molecular weight is 285 g/mol. The Hall–Kier alpha value is -1.10. The number of hydrogen-bond donors (Lipinski definition) is 0. The molecular formula is C15H31N3O2. The monoisotopic (exact) mass is 285 g/mol. The van der Waals surface area contributed by atoms with Gasteiger partial charge in [0.15, 0.2) is 0 Å². The normalized spacial score (nSPS) is 14.7. The van der Waals surface area contributed by atoms with Gasteiger partial charge in [0.25, 0.3) is 0 Å². The van der Waals surface area contributed by atoms with Crippen molar-refractivity contribution < 1.29 is 9.53 Å². The number of hydrogen-bond acceptors (Lipinski definition) is 5. The van der Waals surface area contributed by atoms with Crippen molar-refractivity contribution in [2.45, 2.75) is 72.7 Å². The molecule has 0 radical (unpaired) electrons. The topological polar surface area (TPSA) is 45.1 Å². The van der Waals surface area contributed by atoms with Crippen LogP contribution in [0.15, 0.2) is 5.10 Å². The van der Waals surface area contributed by atoms with Gasteiger partial charge in [-0.05, 0) is 62.6 Å². The molecule has 20 heavy (non-hydrogen) atoms. The van der Waals surface area contributed by atoms with E-state index in [9.17, 15) is 4.79 Å². The van der Waals surface area contributed by atoms with Gasteiger partial charge in [-0.15, -0.1) is 0 Å². The van der Waals surface area contributed by atoms with Gasteiger partial charge in [-0.3, -0.25) is 14.7 Å². The van der Waals surface area contributed by atoms with Crippen molar-refractivity contribution >= 4 is 11.7 Å². The Bertz CT molecular complexity index is 344. The molecule has 0 heterocycles. The molecule has 0 aromatic carbocycles. The van der Waals surface area contributed by atoms with Gasteiger partial charge in [-0.2, -0.15) is 5.10 Å². The van der Waals surface area contributed by atoms with Gasteiger partial charge in [-0.1, -0.05) is 0 Å². The Morgan fingerprint density at radius 3 is 2.05 bits per heavy atom. The number of esters is 1. The van der Waals surface area contributed by atoms with Gasteiger partial charge in [0.1, 0.15) is 0 Å². The molecule has 5 nitrogen and oxygen atoms in total. The quantitative estimate of drug-likeness (QED) is 0.326. The molecule has 0 aliphatic carbocycles. The minimum atomic E-state index is -0.229. The fourth-order valence-corrected chi connectivity index (χ4v) is 1.75. The smallest absolute Gasteiger partial charge is 0.311 e. The molecule has 0 aliphatic rings. The minimum Gasteiger partial charge on any atom is -0.463 e. The van der Waals surface area contributed by atoms with E-state index in [0.717, 1.165) is 5.71 Å². The Morgan fingerprint density at radius 1 is 1.20 bits per heavy atom. The molecule has 0 aliphatic heterocycles. The summed E-state index contributed by atoms with van der Waals surface area (Å²) in [7, 11) is 4.03. The van der Waals surface area contributed by atoms with E-state index >= 15 is 0 Å². The van der Waals surface area contributed by atoms with Crippen molar-refractivity contribution in [2.75, 3.05) is 14.1 Å². The van der Waals surface area contributed by atoms with Crippen LogP contribution in [0.3, 0.4) is 0 Å². The van der Waals surface area contributed by atoms with E-state index in [1.807, 2.05) is 39.9 Å². The summed E-state index contributed by atoms with van der Waals surface area (Å²) in [5, 5.41) is 6.64. The van der Waals surface area contributed by atoms with E-state index in [-0.39, 0.29) is 30.2 Å². The first kappa shape index (κ1) is 18.9. The summed E-state index contributed by atoms with van der Waals surface area (Å²) in [6, 6.07) is 0. The zero-order chi connectivity index (χ0) is 16.1. The van der Waals surface area contributed by atoms with Gasteiger partial charge in [-0.25, -0.2) is 0 Å². The highest BCUT2D eigenvalue weighted by Gasteiger charge is 2.26. The molecule has 0 spiro atoms. The average Bonchev–Trinajstić information content (AvgIpc) is 2.21. The Morgan fingerprint density at radius 2 is 1.70 bits per heavy atom. The number of hydrazone groups is 1. The molecule has 0 fully saturated rings. The van der Waals surface area contributed by atoms with Crippen LogP contribution in [-0.2, 0) is 9.53 Å². The summed E-state index contributed by atoms with van der Waals surface area (Å²) in [6.45, 7) is 14.0. The molecule has 5 heteroatoms. The molecule has 0 aromatic heterocycles. The molecule has 1 atom stereocenters. The summed E-state index contributed by atoms with van der Waals surface area (Å²) in [6.07, 6.45) is 0.283. The number of carbonyl (C=O) groups excluding carboxylic acids is 1. The lowest BCUT2D eigenvalue weighted by molar-refractivity contribution is -0.145. The van der Waals surface area contributed by atoms with E-state index in [4.69, 9.17) is 4.74 Å². The first-order chi connectivity index (χ1) is 8.95. The molecule has 0 N–H and O–H groups in total. The highest BCUT2D eigenvalue weighted by Crippen LogP contribution is 2.19. The van der Waals surface area contributed by atoms with E-state index < -0.39 is 0 Å². The highest BCUT2D eigenvalue weighted by atomic mass is 16.5. The van der Waals surface area contributed by atoms with Crippen LogP contribution in [0.1, 0.15) is 54.9 Å². The summed E-state index contributed by atoms with van der Waals surface area (Å²) >= 11 is 0. The number of rotatable bonds is 6. The molecule has 0 aromatic rings. The molecule has 0 saturated carbocycles. The minimum absolute atomic E-state index is 0.0882. The fraction of sp³-hybridized carbons (Fsp3) is 0.867. The van der Waals surface area contributed by atoms with Gasteiger partial charge in [0.2, 0.25) is 0 Å². The second kappa shape index (κ2) is 7.62. The number of nitrogens with zero attached hydrogens (tertiary/aromatic N) is 3. The van der Waals surface area contributed by atoms with Crippen molar-refractivity contribution in [2.24, 2.45) is 5.10 Å². The Kier molecular flexibility index (Phi) is 7.20. The van der Waals surface area contributed by atoms with Crippen LogP contribution in [0, 0.1) is 0 Å². The highest BCUT2D eigenvalue weighted by molar-refractivity contribution is 5.97. The number of ether oxygens (including phenoxy) is 1. The maximum absolute atomic E-state index is 11.7. The lowest BCUT2D eigenvalue weighted by atomic mass is 10.1. The maximum atomic E-state index is 11.7. The molecule has 1 unspecified atom stereocenters. The first-order valence-corrected chi connectivity index (χ1v) is 7.14. The maximum Gasteiger partial charge on any atom is 0.311 e. The summed E-state index contributed by atoms with van der Waals surface area (Å²) in [5.74, 6) is -0.229. The van der Waals surface area contributed by atoms with Crippen LogP contribution in [0.25, 0.3) is 0 Å². The first-order valence-electron chi connectivity index (χ1n) is 7.14. The van der Waals surface area contributed by atoms with Gasteiger partial charge < -0.3 is 4.74 Å². The fourth-order valence-electron chi connectivity index (χ4n) is 1.75. The predicted octanol–water partition coefficient (Wildman–Crippen LogP) is 2.71. The molecule has 0 rings (SSSR count). The van der Waals surface area contributed by atoms with Crippen LogP contribution in [0.4, 0.5) is 0 Å². The molecule has 0 saturated heterocycles. The van der Waals surface area contributed by atoms with Crippen LogP contribution in [0.2, 0.25) is 0 Å². The van der Waals surface area contributed by atoms with Crippen molar-refractivity contribution in [3.8, 4) is 0 Å². The van der Waals surface area contributed by atoms with Crippen molar-refractivity contribution in [1.29, 1.82) is 0 Å². The number of carbonyl (C=O) groups is 1. The SMILES string of the molecule is C/C(CC(=O)OC(C)C)=N\N(C(C)N(C)C)C(C)(C)C. The van der Waals surface area contributed by atoms with Crippen molar-refractivity contribution in [3.63, 3.8) is 0 Å². The molecule has 118 valence electrons. The molecule has 0 bridgehead atoms. The van der Waals surface area contributed by atoms with Crippen molar-refractivity contribution in [3.05, 3.63) is 0 Å². The third-order valence-electron chi connectivity index (χ3n) is 2.83. The third kappa shape index (κ3) is 6.89. The van der Waals surface area contributed by atoms with Gasteiger partial charge in [0.05, 0.1) is 24.2 Å². The van der Waals surface area contributed by atoms with E-state index in [0.29, 0.717) is 0 Å². The van der Waals surface area contributed by atoms with Crippen LogP contribution in [-0.4, -0.2) is 53.5 Å². The Labute approximate surface area is 124 Å². The van der Waals surface area contributed by atoms with Crippen LogP contribution in [0.5, 0.6) is 0 Å². The van der Waals surface area contributed by atoms with Crippen LogP contribution < -0.4 is 0 Å². The zero-order valence-corrected chi connectivity index (χ0v) is 14.5. The standard InChI is InChI=1S/C15H31N3O2/c1-11(2)20-14(19)10-12(3)16-18(15(5,6)7)13(4)17(8)9/h11,13H,10H2,1-9H3/b16-12+. The second-order valence-corrected chi connectivity index (χ2v) is 6.66. The molecular weight excluding hydrogens is 254 g/mol. The van der Waals surface area contributed by atoms with Gasteiger partial charge in [0, 0.05) is 5.71 Å². The third-order valence-corrected chi connectivity index (χ3v) is 2.83. The van der Waals surface area contributed by atoms with Gasteiger partial charge >= 0.3 is 5.97 Å². The summed E-state index contributed by atoms with van der Waals surface area (Å²) < 4.78 is 5.15. The van der Waals surface area contributed by atoms with E-state index in [1.165, 1.54) is 0 Å². The lowest BCUT2D eigenvalue weighted by Crippen LogP contribution is -2.49. The Balaban J connectivity index is 4.95. The van der Waals surface area contributed by atoms with E-state index in [1.54, 1.807) is 0 Å².